The van der Waals surface area contributed by atoms with E-state index in [0.29, 0.717) is 19.3 Å². The molecule has 0 aliphatic rings. The minimum Gasteiger partial charge on any atom is -0.508 e. The zero-order chi connectivity index (χ0) is 19.5. The molecular formula is C20H31NO5. The number of aliphatic hydroxyl groups excluding tert-OH is 2. The Hall–Kier alpha value is -1.92. The number of Topliss-reactive ketones (excluding diaryl/α,β-unsaturated/α-hetero) is 1. The van der Waals surface area contributed by atoms with Crippen molar-refractivity contribution in [3.05, 3.63) is 29.8 Å². The number of aliphatic hydroxyl groups is 2. The van der Waals surface area contributed by atoms with E-state index < -0.39 is 6.04 Å². The number of ketones is 1. The summed E-state index contributed by atoms with van der Waals surface area (Å²) in [6.45, 7) is 3.29. The molecule has 3 atom stereocenters. The third kappa shape index (κ3) is 7.54. The highest BCUT2D eigenvalue weighted by molar-refractivity contribution is 5.88. The average molecular weight is 365 g/mol. The molecule has 1 amide bonds. The molecule has 146 valence electrons. The Morgan fingerprint density at radius 2 is 1.81 bits per heavy atom. The van der Waals surface area contributed by atoms with E-state index in [-0.39, 0.29) is 48.9 Å². The predicted molar refractivity (Wildman–Crippen MR) is 99.7 cm³/mol. The van der Waals surface area contributed by atoms with Crippen molar-refractivity contribution in [2.45, 2.75) is 52.0 Å². The molecule has 0 bridgehead atoms. The minimum absolute atomic E-state index is 0.0208. The van der Waals surface area contributed by atoms with Gasteiger partial charge in [0.05, 0.1) is 6.04 Å². The minimum atomic E-state index is -0.669. The van der Waals surface area contributed by atoms with E-state index in [4.69, 9.17) is 0 Å². The van der Waals surface area contributed by atoms with Crippen molar-refractivity contribution in [2.24, 2.45) is 11.8 Å². The fourth-order valence-electron chi connectivity index (χ4n) is 3.15. The van der Waals surface area contributed by atoms with Crippen LogP contribution in [0.3, 0.4) is 0 Å². The second-order valence-corrected chi connectivity index (χ2v) is 6.78. The van der Waals surface area contributed by atoms with E-state index in [0.717, 1.165) is 12.0 Å². The van der Waals surface area contributed by atoms with E-state index in [2.05, 4.69) is 5.32 Å². The molecule has 6 nitrogen and oxygen atoms in total. The second kappa shape index (κ2) is 11.6. The van der Waals surface area contributed by atoms with Gasteiger partial charge in [0.2, 0.25) is 5.91 Å². The van der Waals surface area contributed by atoms with E-state index in [1.165, 1.54) is 6.92 Å². The number of aryl methyl sites for hydroxylation is 1. The lowest BCUT2D eigenvalue weighted by molar-refractivity contribution is -0.128. The molecule has 0 saturated heterocycles. The summed E-state index contributed by atoms with van der Waals surface area (Å²) in [4.78, 5) is 24.4. The van der Waals surface area contributed by atoms with Crippen LogP contribution >= 0.6 is 0 Å². The molecule has 0 aromatic heterocycles. The molecule has 3 unspecified atom stereocenters. The maximum absolute atomic E-state index is 12.8. The lowest BCUT2D eigenvalue weighted by atomic mass is 9.82. The number of phenolic OH excluding ortho intramolecular Hbond substituents is 1. The number of benzene rings is 1. The molecule has 0 radical (unpaired) electrons. The van der Waals surface area contributed by atoms with E-state index in [1.54, 1.807) is 24.3 Å². The Morgan fingerprint density at radius 1 is 1.15 bits per heavy atom. The molecular weight excluding hydrogens is 334 g/mol. The highest BCUT2D eigenvalue weighted by Crippen LogP contribution is 2.23. The number of carbonyl (C=O) groups excluding carboxylic acids is 2. The van der Waals surface area contributed by atoms with E-state index >= 15 is 0 Å². The fraction of sp³-hybridized carbons (Fsp3) is 0.600. The topological polar surface area (TPSA) is 107 Å². The third-order valence-electron chi connectivity index (χ3n) is 4.74. The molecule has 6 heteroatoms. The van der Waals surface area contributed by atoms with Crippen molar-refractivity contribution in [1.82, 2.24) is 5.32 Å². The van der Waals surface area contributed by atoms with Gasteiger partial charge >= 0.3 is 0 Å². The van der Waals surface area contributed by atoms with Gasteiger partial charge in [-0.3, -0.25) is 9.59 Å². The van der Waals surface area contributed by atoms with Gasteiger partial charge in [0, 0.05) is 26.6 Å². The number of hydrogen-bond acceptors (Lipinski definition) is 5. The summed E-state index contributed by atoms with van der Waals surface area (Å²) in [5, 5.41) is 30.9. The van der Waals surface area contributed by atoms with Crippen LogP contribution in [0.2, 0.25) is 0 Å². The number of nitrogens with one attached hydrogen (secondary N) is 1. The number of rotatable bonds is 12. The first-order valence-electron chi connectivity index (χ1n) is 9.20. The molecule has 1 rings (SSSR count). The van der Waals surface area contributed by atoms with Crippen LogP contribution in [0.1, 0.15) is 45.1 Å². The van der Waals surface area contributed by atoms with Crippen LogP contribution in [0.25, 0.3) is 0 Å². The largest absolute Gasteiger partial charge is 0.508 e. The van der Waals surface area contributed by atoms with Gasteiger partial charge in [-0.2, -0.15) is 0 Å². The lowest BCUT2D eigenvalue weighted by Crippen LogP contribution is -2.46. The molecule has 26 heavy (non-hydrogen) atoms. The van der Waals surface area contributed by atoms with Gasteiger partial charge in [-0.25, -0.2) is 0 Å². The number of hydrogen-bond donors (Lipinski definition) is 4. The summed E-state index contributed by atoms with van der Waals surface area (Å²) in [6.07, 6.45) is 2.51. The van der Waals surface area contributed by atoms with Crippen molar-refractivity contribution < 1.29 is 24.9 Å². The first-order chi connectivity index (χ1) is 12.4. The number of aromatic hydroxyl groups is 1. The molecule has 0 aliphatic heterocycles. The Balaban J connectivity index is 2.84. The molecule has 0 heterocycles. The summed E-state index contributed by atoms with van der Waals surface area (Å²) in [5.74, 6) is -0.373. The van der Waals surface area contributed by atoms with Crippen LogP contribution in [-0.2, 0) is 16.0 Å². The summed E-state index contributed by atoms with van der Waals surface area (Å²) in [7, 11) is 0. The number of carbonyl (C=O) groups is 2. The van der Waals surface area contributed by atoms with E-state index in [1.807, 2.05) is 6.92 Å². The summed E-state index contributed by atoms with van der Waals surface area (Å²) in [6, 6.07) is 6.01. The highest BCUT2D eigenvalue weighted by Gasteiger charge is 2.30. The van der Waals surface area contributed by atoms with Gasteiger partial charge in [-0.05, 0) is 48.8 Å². The van der Waals surface area contributed by atoms with Crippen molar-refractivity contribution in [3.8, 4) is 5.75 Å². The van der Waals surface area contributed by atoms with Crippen molar-refractivity contribution in [1.29, 1.82) is 0 Å². The Morgan fingerprint density at radius 3 is 2.31 bits per heavy atom. The van der Waals surface area contributed by atoms with Crippen molar-refractivity contribution in [2.75, 3.05) is 13.2 Å². The van der Waals surface area contributed by atoms with Gasteiger partial charge in [0.1, 0.15) is 5.75 Å². The smallest absolute Gasteiger partial charge is 0.217 e. The van der Waals surface area contributed by atoms with Gasteiger partial charge in [0.25, 0.3) is 0 Å². The van der Waals surface area contributed by atoms with Crippen molar-refractivity contribution >= 4 is 11.7 Å². The quantitative estimate of drug-likeness (QED) is 0.452. The molecule has 0 saturated carbocycles. The monoisotopic (exact) mass is 365 g/mol. The maximum Gasteiger partial charge on any atom is 0.217 e. The molecule has 0 fully saturated rings. The fourth-order valence-corrected chi connectivity index (χ4v) is 3.15. The third-order valence-corrected chi connectivity index (χ3v) is 4.74. The van der Waals surface area contributed by atoms with Crippen molar-refractivity contribution in [3.63, 3.8) is 0 Å². The van der Waals surface area contributed by atoms with Gasteiger partial charge < -0.3 is 20.6 Å². The first-order valence-corrected chi connectivity index (χ1v) is 9.20. The standard InChI is InChI=1S/C20H31NO5/c1-3-15(13-23)12-17(10-11-22)20(21-14(2)24)19(26)9-6-16-4-7-18(25)8-5-16/h4-5,7-8,15,17,20,22-23,25H,3,6,9-13H2,1-2H3,(H,21,24). The maximum atomic E-state index is 12.8. The zero-order valence-electron chi connectivity index (χ0n) is 15.6. The summed E-state index contributed by atoms with van der Waals surface area (Å²) in [5.41, 5.74) is 0.929. The normalized spacial score (nSPS) is 14.5. The predicted octanol–water partition coefficient (Wildman–Crippen LogP) is 1.81. The van der Waals surface area contributed by atoms with Gasteiger partial charge in [-0.1, -0.05) is 25.5 Å². The summed E-state index contributed by atoms with van der Waals surface area (Å²) < 4.78 is 0. The van der Waals surface area contributed by atoms with Crippen LogP contribution in [0.5, 0.6) is 5.75 Å². The Kier molecular flexibility index (Phi) is 9.91. The molecule has 1 aromatic rings. The van der Waals surface area contributed by atoms with Crippen LogP contribution in [-0.4, -0.2) is 46.3 Å². The Bertz CT molecular complexity index is 554. The van der Waals surface area contributed by atoms with Crippen LogP contribution in [0.15, 0.2) is 24.3 Å². The van der Waals surface area contributed by atoms with Crippen LogP contribution in [0.4, 0.5) is 0 Å². The molecule has 1 aromatic carbocycles. The molecule has 4 N–H and O–H groups in total. The highest BCUT2D eigenvalue weighted by atomic mass is 16.3. The zero-order valence-corrected chi connectivity index (χ0v) is 15.6. The number of amides is 1. The van der Waals surface area contributed by atoms with Crippen LogP contribution < -0.4 is 5.32 Å². The van der Waals surface area contributed by atoms with Crippen LogP contribution in [0, 0.1) is 11.8 Å². The van der Waals surface area contributed by atoms with Gasteiger partial charge in [0.15, 0.2) is 5.78 Å². The van der Waals surface area contributed by atoms with E-state index in [9.17, 15) is 24.9 Å². The number of phenols is 1. The van der Waals surface area contributed by atoms with Gasteiger partial charge in [-0.15, -0.1) is 0 Å². The Labute approximate surface area is 155 Å². The lowest BCUT2D eigenvalue weighted by Gasteiger charge is -2.29. The molecule has 0 aliphatic carbocycles. The first kappa shape index (κ1) is 22.1. The SMILES string of the molecule is CCC(CO)CC(CCO)C(NC(C)=O)C(=O)CCc1ccc(O)cc1. The summed E-state index contributed by atoms with van der Waals surface area (Å²) >= 11 is 0. The molecule has 0 spiro atoms. The average Bonchev–Trinajstić information content (AvgIpc) is 2.62. The second-order valence-electron chi connectivity index (χ2n) is 6.78.